The highest BCUT2D eigenvalue weighted by Crippen LogP contribution is 2.13. The van der Waals surface area contributed by atoms with Gasteiger partial charge in [-0.05, 0) is 25.7 Å². The molecule has 106 valence electrons. The number of hydrogen-bond donors (Lipinski definition) is 2. The normalized spacial score (nSPS) is 28.8. The molecule has 2 heterocycles. The zero-order valence-electron chi connectivity index (χ0n) is 10.8. The third-order valence-corrected chi connectivity index (χ3v) is 3.31. The smallest absolute Gasteiger partial charge is 0.188 e. The van der Waals surface area contributed by atoms with Crippen LogP contribution in [0.5, 0.6) is 0 Å². The van der Waals surface area contributed by atoms with Crippen molar-refractivity contribution >= 4 is 29.9 Å². The molecular formula is C12H24IN3O2. The van der Waals surface area contributed by atoms with E-state index < -0.39 is 0 Å². The fourth-order valence-electron chi connectivity index (χ4n) is 2.26. The maximum Gasteiger partial charge on any atom is 0.188 e. The van der Waals surface area contributed by atoms with Crippen LogP contribution in [0.3, 0.4) is 0 Å². The zero-order chi connectivity index (χ0) is 11.9. The Morgan fingerprint density at radius 3 is 2.78 bits per heavy atom. The third kappa shape index (κ3) is 5.71. The molecule has 0 radical (unpaired) electrons. The van der Waals surface area contributed by atoms with Gasteiger partial charge >= 0.3 is 0 Å². The molecule has 0 spiro atoms. The molecule has 2 fully saturated rings. The summed E-state index contributed by atoms with van der Waals surface area (Å²) < 4.78 is 10.9. The van der Waals surface area contributed by atoms with Gasteiger partial charge in [0, 0.05) is 32.2 Å². The van der Waals surface area contributed by atoms with Gasteiger partial charge in [0.15, 0.2) is 5.96 Å². The van der Waals surface area contributed by atoms with E-state index in [1.54, 1.807) is 0 Å². The maximum absolute atomic E-state index is 5.81. The van der Waals surface area contributed by atoms with Crippen LogP contribution >= 0.6 is 24.0 Å². The standard InChI is InChI=1S/C12H23N3O2.HI/c13-12(15-8-11-4-2-6-17-11)14-7-10-3-1-5-16-9-10;/h10-11H,1-9H2,(H3,13,14,15);1H. The molecule has 2 unspecified atom stereocenters. The van der Waals surface area contributed by atoms with Crippen LogP contribution in [0.4, 0.5) is 0 Å². The first-order valence-electron chi connectivity index (χ1n) is 6.58. The van der Waals surface area contributed by atoms with Gasteiger partial charge in [0.1, 0.15) is 0 Å². The highest BCUT2D eigenvalue weighted by molar-refractivity contribution is 14.0. The Morgan fingerprint density at radius 1 is 1.28 bits per heavy atom. The van der Waals surface area contributed by atoms with Crippen molar-refractivity contribution in [2.24, 2.45) is 16.6 Å². The lowest BCUT2D eigenvalue weighted by atomic mass is 10.0. The summed E-state index contributed by atoms with van der Waals surface area (Å²) in [5.41, 5.74) is 5.81. The van der Waals surface area contributed by atoms with Gasteiger partial charge in [-0.1, -0.05) is 0 Å². The fourth-order valence-corrected chi connectivity index (χ4v) is 2.26. The van der Waals surface area contributed by atoms with Crippen LogP contribution in [-0.4, -0.2) is 45.0 Å². The van der Waals surface area contributed by atoms with Crippen LogP contribution in [0.15, 0.2) is 4.99 Å². The van der Waals surface area contributed by atoms with Gasteiger partial charge < -0.3 is 20.5 Å². The van der Waals surface area contributed by atoms with Crippen LogP contribution in [0.25, 0.3) is 0 Å². The summed E-state index contributed by atoms with van der Waals surface area (Å²) in [5.74, 6) is 1.07. The van der Waals surface area contributed by atoms with Crippen molar-refractivity contribution in [3.05, 3.63) is 0 Å². The molecule has 0 saturated carbocycles. The molecule has 18 heavy (non-hydrogen) atoms. The Hall–Kier alpha value is -0.0800. The summed E-state index contributed by atoms with van der Waals surface area (Å²) in [5, 5.41) is 3.13. The molecule has 2 saturated heterocycles. The molecule has 3 N–H and O–H groups in total. The van der Waals surface area contributed by atoms with E-state index in [1.807, 2.05) is 0 Å². The molecule has 0 amide bonds. The van der Waals surface area contributed by atoms with Crippen molar-refractivity contribution in [1.82, 2.24) is 5.32 Å². The second kappa shape index (κ2) is 8.92. The second-order valence-electron chi connectivity index (χ2n) is 4.83. The highest BCUT2D eigenvalue weighted by atomic mass is 127. The summed E-state index contributed by atoms with van der Waals surface area (Å²) in [4.78, 5) is 4.36. The number of ether oxygens (including phenoxy) is 2. The van der Waals surface area contributed by atoms with Crippen molar-refractivity contribution < 1.29 is 9.47 Å². The van der Waals surface area contributed by atoms with E-state index >= 15 is 0 Å². The average molecular weight is 369 g/mol. The number of nitrogens with one attached hydrogen (secondary N) is 1. The minimum atomic E-state index is 0. The van der Waals surface area contributed by atoms with E-state index in [2.05, 4.69) is 10.3 Å². The Morgan fingerprint density at radius 2 is 2.11 bits per heavy atom. The minimum Gasteiger partial charge on any atom is -0.381 e. The Labute approximate surface area is 126 Å². The molecule has 0 bridgehead atoms. The molecule has 5 nitrogen and oxygen atoms in total. The molecule has 0 aromatic carbocycles. The van der Waals surface area contributed by atoms with E-state index in [0.29, 0.717) is 18.0 Å². The van der Waals surface area contributed by atoms with Gasteiger partial charge in [-0.3, -0.25) is 4.99 Å². The molecule has 2 aliphatic rings. The number of halogens is 1. The highest BCUT2D eigenvalue weighted by Gasteiger charge is 2.15. The van der Waals surface area contributed by atoms with Gasteiger partial charge in [-0.25, -0.2) is 0 Å². The molecule has 0 aromatic rings. The summed E-state index contributed by atoms with van der Waals surface area (Å²) in [6, 6.07) is 0. The molecule has 0 aromatic heterocycles. The van der Waals surface area contributed by atoms with Crippen LogP contribution in [0.2, 0.25) is 0 Å². The monoisotopic (exact) mass is 369 g/mol. The first kappa shape index (κ1) is 16.0. The van der Waals surface area contributed by atoms with Crippen LogP contribution in [0.1, 0.15) is 25.7 Å². The molecule has 2 aliphatic heterocycles. The first-order valence-corrected chi connectivity index (χ1v) is 6.58. The third-order valence-electron chi connectivity index (χ3n) is 3.31. The molecule has 6 heteroatoms. The van der Waals surface area contributed by atoms with E-state index in [1.165, 1.54) is 6.42 Å². The SMILES string of the molecule is I.NC(=NCC1CCCOC1)NCC1CCCO1. The number of rotatable bonds is 4. The first-order chi connectivity index (χ1) is 8.34. The summed E-state index contributed by atoms with van der Waals surface area (Å²) >= 11 is 0. The molecule has 2 rings (SSSR count). The number of aliphatic imine (C=N–C) groups is 1. The number of nitrogens with zero attached hydrogens (tertiary/aromatic N) is 1. The number of nitrogens with two attached hydrogens (primary N) is 1. The summed E-state index contributed by atoms with van der Waals surface area (Å²) in [7, 11) is 0. The van der Waals surface area contributed by atoms with Crippen molar-refractivity contribution in [3.63, 3.8) is 0 Å². The van der Waals surface area contributed by atoms with Crippen molar-refractivity contribution in [3.8, 4) is 0 Å². The molecular weight excluding hydrogens is 345 g/mol. The number of guanidine groups is 1. The van der Waals surface area contributed by atoms with E-state index in [4.69, 9.17) is 15.2 Å². The predicted octanol–water partition coefficient (Wildman–Crippen LogP) is 1.11. The van der Waals surface area contributed by atoms with Crippen molar-refractivity contribution in [2.75, 3.05) is 32.9 Å². The largest absolute Gasteiger partial charge is 0.381 e. The Balaban J connectivity index is 0.00000162. The second-order valence-corrected chi connectivity index (χ2v) is 4.83. The van der Waals surface area contributed by atoms with Crippen molar-refractivity contribution in [2.45, 2.75) is 31.8 Å². The fraction of sp³-hybridized carbons (Fsp3) is 0.917. The number of hydrogen-bond acceptors (Lipinski definition) is 3. The molecule has 0 aliphatic carbocycles. The van der Waals surface area contributed by atoms with Crippen LogP contribution in [0, 0.1) is 5.92 Å². The van der Waals surface area contributed by atoms with Gasteiger partial charge in [0.05, 0.1) is 12.7 Å². The van der Waals surface area contributed by atoms with Gasteiger partial charge in [0.2, 0.25) is 0 Å². The van der Waals surface area contributed by atoms with Crippen molar-refractivity contribution in [1.29, 1.82) is 0 Å². The summed E-state index contributed by atoms with van der Waals surface area (Å²) in [6.07, 6.45) is 4.92. The predicted molar refractivity (Wildman–Crippen MR) is 82.4 cm³/mol. The molecule has 2 atom stereocenters. The van der Waals surface area contributed by atoms with Crippen LogP contribution < -0.4 is 11.1 Å². The topological polar surface area (TPSA) is 68.9 Å². The lowest BCUT2D eigenvalue weighted by Crippen LogP contribution is -2.37. The quantitative estimate of drug-likeness (QED) is 0.443. The minimum absolute atomic E-state index is 0. The lowest BCUT2D eigenvalue weighted by molar-refractivity contribution is 0.0582. The van der Waals surface area contributed by atoms with Gasteiger partial charge in [0.25, 0.3) is 0 Å². The van der Waals surface area contributed by atoms with Gasteiger partial charge in [-0.2, -0.15) is 0 Å². The summed E-state index contributed by atoms with van der Waals surface area (Å²) in [6.45, 7) is 4.14. The Kier molecular flexibility index (Phi) is 7.92. The van der Waals surface area contributed by atoms with E-state index in [-0.39, 0.29) is 24.0 Å². The average Bonchev–Trinajstić information content (AvgIpc) is 2.88. The lowest BCUT2D eigenvalue weighted by Gasteiger charge is -2.20. The Bertz CT molecular complexity index is 252. The zero-order valence-corrected chi connectivity index (χ0v) is 13.1. The van der Waals surface area contributed by atoms with Crippen LogP contribution in [-0.2, 0) is 9.47 Å². The van der Waals surface area contributed by atoms with Gasteiger partial charge in [-0.15, -0.1) is 24.0 Å². The maximum atomic E-state index is 5.81. The van der Waals surface area contributed by atoms with E-state index in [9.17, 15) is 0 Å². The van der Waals surface area contributed by atoms with E-state index in [0.717, 1.165) is 52.2 Å².